The molecular formula is C13H19N3O3. The molecule has 104 valence electrons. The second-order valence-electron chi connectivity index (χ2n) is 4.88. The van der Waals surface area contributed by atoms with Gasteiger partial charge in [0.05, 0.1) is 11.0 Å². The van der Waals surface area contributed by atoms with Gasteiger partial charge in [0.25, 0.3) is 5.69 Å². The summed E-state index contributed by atoms with van der Waals surface area (Å²) < 4.78 is 0. The van der Waals surface area contributed by atoms with Gasteiger partial charge in [-0.15, -0.1) is 0 Å². The Balaban J connectivity index is 2.54. The van der Waals surface area contributed by atoms with E-state index in [0.717, 1.165) is 0 Å². The summed E-state index contributed by atoms with van der Waals surface area (Å²) in [5.74, 6) is 0.110. The second-order valence-corrected chi connectivity index (χ2v) is 4.88. The van der Waals surface area contributed by atoms with Crippen molar-refractivity contribution in [1.29, 1.82) is 0 Å². The zero-order chi connectivity index (χ0) is 14.4. The molecule has 0 spiro atoms. The third-order valence-electron chi connectivity index (χ3n) is 2.65. The maximum absolute atomic E-state index is 11.7. The SMILES string of the molecule is CC(C)C[C@@H](N)C(=O)NCc1cccc([N+](=O)[O-])c1. The van der Waals surface area contributed by atoms with Gasteiger partial charge in [-0.25, -0.2) is 0 Å². The molecule has 1 rings (SSSR count). The van der Waals surface area contributed by atoms with Gasteiger partial charge in [0, 0.05) is 18.7 Å². The molecule has 0 radical (unpaired) electrons. The number of amides is 1. The number of non-ortho nitro benzene ring substituents is 1. The molecule has 0 unspecified atom stereocenters. The maximum Gasteiger partial charge on any atom is 0.269 e. The number of carbonyl (C=O) groups is 1. The Morgan fingerprint density at radius 2 is 2.16 bits per heavy atom. The summed E-state index contributed by atoms with van der Waals surface area (Å²) in [4.78, 5) is 21.9. The van der Waals surface area contributed by atoms with E-state index in [1.165, 1.54) is 12.1 Å². The van der Waals surface area contributed by atoms with E-state index in [4.69, 9.17) is 5.73 Å². The van der Waals surface area contributed by atoms with Crippen LogP contribution < -0.4 is 11.1 Å². The first kappa shape index (κ1) is 15.1. The molecule has 1 amide bonds. The Bertz CT molecular complexity index is 460. The van der Waals surface area contributed by atoms with Crippen LogP contribution in [-0.4, -0.2) is 16.9 Å². The van der Waals surface area contributed by atoms with E-state index in [-0.39, 0.29) is 18.1 Å². The summed E-state index contributed by atoms with van der Waals surface area (Å²) in [6.45, 7) is 4.23. The standard InChI is InChI=1S/C13H19N3O3/c1-9(2)6-12(14)13(17)15-8-10-4-3-5-11(7-10)16(18)19/h3-5,7,9,12H,6,8,14H2,1-2H3,(H,15,17)/t12-/m1/s1. The van der Waals surface area contributed by atoms with Crippen molar-refractivity contribution in [3.05, 3.63) is 39.9 Å². The fourth-order valence-electron chi connectivity index (χ4n) is 1.72. The summed E-state index contributed by atoms with van der Waals surface area (Å²) in [6, 6.07) is 5.62. The van der Waals surface area contributed by atoms with Crippen molar-refractivity contribution in [2.75, 3.05) is 0 Å². The van der Waals surface area contributed by atoms with Crippen molar-refractivity contribution in [2.24, 2.45) is 11.7 Å². The Morgan fingerprint density at radius 3 is 2.74 bits per heavy atom. The molecule has 0 aliphatic rings. The van der Waals surface area contributed by atoms with E-state index in [0.29, 0.717) is 17.9 Å². The predicted molar refractivity (Wildman–Crippen MR) is 72.4 cm³/mol. The molecule has 0 aromatic heterocycles. The zero-order valence-corrected chi connectivity index (χ0v) is 11.1. The van der Waals surface area contributed by atoms with Crippen LogP contribution >= 0.6 is 0 Å². The number of nitrogens with zero attached hydrogens (tertiary/aromatic N) is 1. The zero-order valence-electron chi connectivity index (χ0n) is 11.1. The number of carbonyl (C=O) groups excluding carboxylic acids is 1. The minimum atomic E-state index is -0.543. The highest BCUT2D eigenvalue weighted by Gasteiger charge is 2.14. The maximum atomic E-state index is 11.7. The summed E-state index contributed by atoms with van der Waals surface area (Å²) >= 11 is 0. The molecule has 1 atom stereocenters. The van der Waals surface area contributed by atoms with Gasteiger partial charge in [-0.05, 0) is 17.9 Å². The first-order chi connectivity index (χ1) is 8.90. The van der Waals surface area contributed by atoms with Crippen LogP contribution in [0.25, 0.3) is 0 Å². The highest BCUT2D eigenvalue weighted by molar-refractivity contribution is 5.81. The normalized spacial score (nSPS) is 12.2. The Hall–Kier alpha value is -1.95. The summed E-state index contributed by atoms with van der Waals surface area (Å²) in [5, 5.41) is 13.3. The molecule has 6 heteroatoms. The van der Waals surface area contributed by atoms with E-state index in [9.17, 15) is 14.9 Å². The van der Waals surface area contributed by atoms with Gasteiger partial charge in [0.1, 0.15) is 0 Å². The van der Waals surface area contributed by atoms with E-state index in [1.54, 1.807) is 12.1 Å². The molecule has 0 fully saturated rings. The molecule has 6 nitrogen and oxygen atoms in total. The molecule has 0 saturated heterocycles. The largest absolute Gasteiger partial charge is 0.351 e. The van der Waals surface area contributed by atoms with Crippen molar-refractivity contribution >= 4 is 11.6 Å². The monoisotopic (exact) mass is 265 g/mol. The third-order valence-corrected chi connectivity index (χ3v) is 2.65. The quantitative estimate of drug-likeness (QED) is 0.602. The number of hydrogen-bond donors (Lipinski definition) is 2. The lowest BCUT2D eigenvalue weighted by molar-refractivity contribution is -0.384. The minimum absolute atomic E-state index is 0.0122. The fourth-order valence-corrected chi connectivity index (χ4v) is 1.72. The number of rotatable bonds is 6. The number of nitrogens with two attached hydrogens (primary N) is 1. The number of nitro benzene ring substituents is 1. The van der Waals surface area contributed by atoms with E-state index < -0.39 is 11.0 Å². The van der Waals surface area contributed by atoms with Gasteiger partial charge in [-0.2, -0.15) is 0 Å². The average molecular weight is 265 g/mol. The van der Waals surface area contributed by atoms with Gasteiger partial charge in [-0.1, -0.05) is 26.0 Å². The van der Waals surface area contributed by atoms with Gasteiger partial charge in [0.2, 0.25) is 5.91 Å². The Morgan fingerprint density at radius 1 is 1.47 bits per heavy atom. The van der Waals surface area contributed by atoms with E-state index in [2.05, 4.69) is 5.32 Å². The Labute approximate surface area is 112 Å². The topological polar surface area (TPSA) is 98.3 Å². The lowest BCUT2D eigenvalue weighted by Gasteiger charge is -2.14. The van der Waals surface area contributed by atoms with Crippen molar-refractivity contribution < 1.29 is 9.72 Å². The van der Waals surface area contributed by atoms with Gasteiger partial charge in [-0.3, -0.25) is 14.9 Å². The first-order valence-electron chi connectivity index (χ1n) is 6.16. The molecule has 0 heterocycles. The summed E-state index contributed by atoms with van der Waals surface area (Å²) in [7, 11) is 0. The van der Waals surface area contributed by atoms with Gasteiger partial charge >= 0.3 is 0 Å². The molecule has 0 bridgehead atoms. The molecule has 0 saturated carbocycles. The molecular weight excluding hydrogens is 246 g/mol. The number of hydrogen-bond acceptors (Lipinski definition) is 4. The van der Waals surface area contributed by atoms with Gasteiger partial charge < -0.3 is 11.1 Å². The summed E-state index contributed by atoms with van der Waals surface area (Å²) in [5.41, 5.74) is 6.43. The molecule has 0 aliphatic carbocycles. The number of benzene rings is 1. The van der Waals surface area contributed by atoms with E-state index >= 15 is 0 Å². The predicted octanol–water partition coefficient (Wildman–Crippen LogP) is 1.58. The fraction of sp³-hybridized carbons (Fsp3) is 0.462. The first-order valence-corrected chi connectivity index (χ1v) is 6.16. The minimum Gasteiger partial charge on any atom is -0.351 e. The average Bonchev–Trinajstić information content (AvgIpc) is 2.35. The van der Waals surface area contributed by atoms with Crippen LogP contribution in [0.5, 0.6) is 0 Å². The van der Waals surface area contributed by atoms with Gasteiger partial charge in [0.15, 0.2) is 0 Å². The lowest BCUT2D eigenvalue weighted by Crippen LogP contribution is -2.41. The highest BCUT2D eigenvalue weighted by atomic mass is 16.6. The highest BCUT2D eigenvalue weighted by Crippen LogP contribution is 2.12. The van der Waals surface area contributed by atoms with Crippen molar-refractivity contribution in [2.45, 2.75) is 32.9 Å². The smallest absolute Gasteiger partial charge is 0.269 e. The number of nitro groups is 1. The Kier molecular flexibility index (Phi) is 5.44. The lowest BCUT2D eigenvalue weighted by atomic mass is 10.0. The van der Waals surface area contributed by atoms with Crippen LogP contribution in [0, 0.1) is 16.0 Å². The van der Waals surface area contributed by atoms with Crippen LogP contribution in [0.1, 0.15) is 25.8 Å². The van der Waals surface area contributed by atoms with E-state index in [1.807, 2.05) is 13.8 Å². The van der Waals surface area contributed by atoms with Crippen LogP contribution in [0.2, 0.25) is 0 Å². The van der Waals surface area contributed by atoms with Crippen LogP contribution in [0.15, 0.2) is 24.3 Å². The van der Waals surface area contributed by atoms with Crippen LogP contribution in [0.4, 0.5) is 5.69 Å². The molecule has 1 aromatic carbocycles. The third kappa shape index (κ3) is 5.05. The molecule has 19 heavy (non-hydrogen) atoms. The van der Waals surface area contributed by atoms with Crippen molar-refractivity contribution in [3.8, 4) is 0 Å². The number of nitrogens with one attached hydrogen (secondary N) is 1. The van der Waals surface area contributed by atoms with Crippen LogP contribution in [-0.2, 0) is 11.3 Å². The molecule has 1 aromatic rings. The second kappa shape index (κ2) is 6.84. The van der Waals surface area contributed by atoms with Crippen LogP contribution in [0.3, 0.4) is 0 Å². The summed E-state index contributed by atoms with van der Waals surface area (Å²) in [6.07, 6.45) is 0.612. The molecule has 3 N–H and O–H groups in total. The molecule has 0 aliphatic heterocycles. The van der Waals surface area contributed by atoms with Crippen molar-refractivity contribution in [1.82, 2.24) is 5.32 Å². The van der Waals surface area contributed by atoms with Crippen molar-refractivity contribution in [3.63, 3.8) is 0 Å².